The van der Waals surface area contributed by atoms with Crippen LogP contribution in [0.1, 0.15) is 29.6 Å². The Labute approximate surface area is 187 Å². The zero-order valence-corrected chi connectivity index (χ0v) is 18.1. The fourth-order valence-electron chi connectivity index (χ4n) is 3.52. The molecule has 2 aromatic carbocycles. The molecule has 8 nitrogen and oxygen atoms in total. The molecule has 2 aromatic rings. The molecule has 1 aliphatic heterocycles. The second kappa shape index (κ2) is 11.7. The summed E-state index contributed by atoms with van der Waals surface area (Å²) in [5.41, 5.74) is 1.13. The first-order valence-electron chi connectivity index (χ1n) is 10.5. The van der Waals surface area contributed by atoms with Gasteiger partial charge in [-0.1, -0.05) is 6.07 Å². The molecule has 1 fully saturated rings. The highest BCUT2D eigenvalue weighted by Crippen LogP contribution is 2.20. The third-order valence-corrected chi connectivity index (χ3v) is 5.18. The van der Waals surface area contributed by atoms with E-state index in [1.807, 2.05) is 0 Å². The molecule has 3 rings (SSSR count). The Hall–Kier alpha value is -3.57. The second-order valence-corrected chi connectivity index (χ2v) is 7.34. The van der Waals surface area contributed by atoms with Crippen LogP contribution in [-0.4, -0.2) is 56.2 Å². The fraction of sp³-hybridized carbons (Fsp3) is 0.375. The monoisotopic (exact) mass is 437 g/mol. The number of benzene rings is 2. The predicted octanol–water partition coefficient (Wildman–Crippen LogP) is 3.25. The van der Waals surface area contributed by atoms with Crippen LogP contribution in [0, 0.1) is 11.3 Å². The quantitative estimate of drug-likeness (QED) is 0.646. The van der Waals surface area contributed by atoms with Gasteiger partial charge in [0.25, 0.3) is 11.8 Å². The maximum atomic E-state index is 13.0. The van der Waals surface area contributed by atoms with Crippen molar-refractivity contribution < 1.29 is 23.8 Å². The standard InChI is InChI=1S/C24H27N3O5/c1-30-22-5-2-4-19(16-22)26-23(28)17-32-21-8-6-18(7-9-21)24(29)27(13-3-12-25)20-10-14-31-15-11-20/h2,4-9,16,20H,3,10-11,13-15,17H2,1H3,(H,26,28). The average molecular weight is 437 g/mol. The number of nitriles is 1. The highest BCUT2D eigenvalue weighted by Gasteiger charge is 2.26. The molecule has 8 heteroatoms. The Morgan fingerprint density at radius 3 is 2.59 bits per heavy atom. The van der Waals surface area contributed by atoms with E-state index in [2.05, 4.69) is 11.4 Å². The highest BCUT2D eigenvalue weighted by atomic mass is 16.5. The SMILES string of the molecule is COc1cccc(NC(=O)COc2ccc(C(=O)N(CCC#N)C3CCOCC3)cc2)c1. The van der Waals surface area contributed by atoms with Gasteiger partial charge in [0, 0.05) is 43.1 Å². The Bertz CT molecular complexity index is 949. The molecule has 0 bridgehead atoms. The average Bonchev–Trinajstić information content (AvgIpc) is 2.84. The van der Waals surface area contributed by atoms with Crippen molar-refractivity contribution in [3.63, 3.8) is 0 Å². The molecule has 1 aliphatic rings. The molecule has 1 heterocycles. The van der Waals surface area contributed by atoms with Crippen LogP contribution in [0.3, 0.4) is 0 Å². The van der Waals surface area contributed by atoms with Crippen molar-refractivity contribution >= 4 is 17.5 Å². The number of methoxy groups -OCH3 is 1. The molecule has 1 N–H and O–H groups in total. The van der Waals surface area contributed by atoms with Crippen LogP contribution in [0.25, 0.3) is 0 Å². The first-order valence-corrected chi connectivity index (χ1v) is 10.5. The minimum absolute atomic E-state index is 0.0702. The first kappa shape index (κ1) is 23.1. The maximum absolute atomic E-state index is 13.0. The van der Waals surface area contributed by atoms with E-state index in [0.717, 1.165) is 12.8 Å². The van der Waals surface area contributed by atoms with Crippen molar-refractivity contribution in [3.05, 3.63) is 54.1 Å². The smallest absolute Gasteiger partial charge is 0.262 e. The normalized spacial score (nSPS) is 13.6. The maximum Gasteiger partial charge on any atom is 0.262 e. The summed E-state index contributed by atoms with van der Waals surface area (Å²) in [5, 5.41) is 11.7. The summed E-state index contributed by atoms with van der Waals surface area (Å²) in [7, 11) is 1.56. The van der Waals surface area contributed by atoms with Crippen LogP contribution in [0.15, 0.2) is 48.5 Å². The van der Waals surface area contributed by atoms with Crippen molar-refractivity contribution in [3.8, 4) is 17.6 Å². The van der Waals surface area contributed by atoms with E-state index in [4.69, 9.17) is 19.5 Å². The van der Waals surface area contributed by atoms with Crippen LogP contribution in [0.4, 0.5) is 5.69 Å². The van der Waals surface area contributed by atoms with Crippen molar-refractivity contribution in [2.24, 2.45) is 0 Å². The largest absolute Gasteiger partial charge is 0.497 e. The van der Waals surface area contributed by atoms with Gasteiger partial charge in [0.2, 0.25) is 0 Å². The number of carbonyl (C=O) groups excluding carboxylic acids is 2. The number of nitrogens with zero attached hydrogens (tertiary/aromatic N) is 2. The summed E-state index contributed by atoms with van der Waals surface area (Å²) in [4.78, 5) is 27.0. The summed E-state index contributed by atoms with van der Waals surface area (Å²) in [6.45, 7) is 1.46. The third-order valence-electron chi connectivity index (χ3n) is 5.18. The third kappa shape index (κ3) is 6.46. The van der Waals surface area contributed by atoms with Gasteiger partial charge in [0.1, 0.15) is 11.5 Å². The van der Waals surface area contributed by atoms with Gasteiger partial charge >= 0.3 is 0 Å². The lowest BCUT2D eigenvalue weighted by Gasteiger charge is -2.34. The van der Waals surface area contributed by atoms with Gasteiger partial charge in [-0.15, -0.1) is 0 Å². The summed E-state index contributed by atoms with van der Waals surface area (Å²) in [5.74, 6) is 0.709. The number of carbonyl (C=O) groups is 2. The molecule has 0 unspecified atom stereocenters. The molecule has 0 aromatic heterocycles. The zero-order valence-electron chi connectivity index (χ0n) is 18.1. The molecule has 0 atom stereocenters. The summed E-state index contributed by atoms with van der Waals surface area (Å²) in [6.07, 6.45) is 1.81. The number of anilines is 1. The van der Waals surface area contributed by atoms with Gasteiger partial charge in [-0.2, -0.15) is 5.26 Å². The van der Waals surface area contributed by atoms with E-state index in [9.17, 15) is 9.59 Å². The van der Waals surface area contributed by atoms with Crippen LogP contribution >= 0.6 is 0 Å². The zero-order chi connectivity index (χ0) is 22.8. The van der Waals surface area contributed by atoms with E-state index in [1.54, 1.807) is 60.5 Å². The van der Waals surface area contributed by atoms with Crippen LogP contribution < -0.4 is 14.8 Å². The number of rotatable bonds is 9. The van der Waals surface area contributed by atoms with Gasteiger partial charge in [-0.05, 0) is 49.2 Å². The second-order valence-electron chi connectivity index (χ2n) is 7.34. The van der Waals surface area contributed by atoms with E-state index < -0.39 is 0 Å². The Balaban J connectivity index is 1.56. The topological polar surface area (TPSA) is 101 Å². The molecule has 0 spiro atoms. The lowest BCUT2D eigenvalue weighted by atomic mass is 10.0. The molecule has 1 saturated heterocycles. The van der Waals surface area contributed by atoms with Crippen LogP contribution in [0.2, 0.25) is 0 Å². The molecule has 0 aliphatic carbocycles. The van der Waals surface area contributed by atoms with Crippen molar-refractivity contribution in [2.45, 2.75) is 25.3 Å². The van der Waals surface area contributed by atoms with Gasteiger partial charge < -0.3 is 24.4 Å². The van der Waals surface area contributed by atoms with Gasteiger partial charge in [-0.3, -0.25) is 9.59 Å². The first-order chi connectivity index (χ1) is 15.6. The molecule has 0 radical (unpaired) electrons. The van der Waals surface area contributed by atoms with Gasteiger partial charge in [-0.25, -0.2) is 0 Å². The Morgan fingerprint density at radius 1 is 1.16 bits per heavy atom. The predicted molar refractivity (Wildman–Crippen MR) is 119 cm³/mol. The summed E-state index contributed by atoms with van der Waals surface area (Å²) < 4.78 is 16.1. The van der Waals surface area contributed by atoms with Crippen LogP contribution in [0.5, 0.6) is 11.5 Å². The molecule has 168 valence electrons. The van der Waals surface area contributed by atoms with E-state index in [-0.39, 0.29) is 30.9 Å². The summed E-state index contributed by atoms with van der Waals surface area (Å²) >= 11 is 0. The van der Waals surface area contributed by atoms with E-state index >= 15 is 0 Å². The molecule has 32 heavy (non-hydrogen) atoms. The van der Waals surface area contributed by atoms with Crippen LogP contribution in [-0.2, 0) is 9.53 Å². The van der Waals surface area contributed by atoms with Gasteiger partial charge in [0.15, 0.2) is 6.61 Å². The Kier molecular flexibility index (Phi) is 8.46. The van der Waals surface area contributed by atoms with E-state index in [0.29, 0.717) is 42.5 Å². The number of nitrogens with one attached hydrogen (secondary N) is 1. The number of ether oxygens (including phenoxy) is 3. The molecule has 0 saturated carbocycles. The Morgan fingerprint density at radius 2 is 1.91 bits per heavy atom. The minimum Gasteiger partial charge on any atom is -0.497 e. The van der Waals surface area contributed by atoms with Crippen molar-refractivity contribution in [2.75, 3.05) is 38.8 Å². The molecular formula is C24H27N3O5. The number of hydrogen-bond donors (Lipinski definition) is 1. The number of amides is 2. The number of hydrogen-bond acceptors (Lipinski definition) is 6. The van der Waals surface area contributed by atoms with Gasteiger partial charge in [0.05, 0.1) is 19.6 Å². The minimum atomic E-state index is -0.305. The summed E-state index contributed by atoms with van der Waals surface area (Å²) in [6, 6.07) is 15.9. The fourth-order valence-corrected chi connectivity index (χ4v) is 3.52. The molecule has 2 amide bonds. The lowest BCUT2D eigenvalue weighted by Crippen LogP contribution is -2.43. The molecular weight excluding hydrogens is 410 g/mol. The van der Waals surface area contributed by atoms with Crippen molar-refractivity contribution in [1.29, 1.82) is 5.26 Å². The van der Waals surface area contributed by atoms with E-state index in [1.165, 1.54) is 0 Å². The highest BCUT2D eigenvalue weighted by molar-refractivity contribution is 5.94. The van der Waals surface area contributed by atoms with Crippen molar-refractivity contribution in [1.82, 2.24) is 4.90 Å². The lowest BCUT2D eigenvalue weighted by molar-refractivity contribution is -0.118.